The van der Waals surface area contributed by atoms with Gasteiger partial charge in [0, 0.05) is 30.8 Å². The van der Waals surface area contributed by atoms with Crippen molar-refractivity contribution in [3.05, 3.63) is 17.2 Å². The van der Waals surface area contributed by atoms with E-state index in [1.807, 2.05) is 0 Å². The monoisotopic (exact) mass is 319 g/mol. The molecule has 124 valence electrons. The van der Waals surface area contributed by atoms with E-state index in [4.69, 9.17) is 15.2 Å². The molecule has 2 aliphatic rings. The number of pyridine rings is 1. The van der Waals surface area contributed by atoms with Crippen molar-refractivity contribution in [1.82, 2.24) is 4.98 Å². The molecule has 2 fully saturated rings. The van der Waals surface area contributed by atoms with Gasteiger partial charge in [-0.15, -0.1) is 0 Å². The second kappa shape index (κ2) is 6.95. The van der Waals surface area contributed by atoms with Crippen molar-refractivity contribution in [3.8, 4) is 5.88 Å². The number of carboxylic acid groups (broad SMARTS) is 1. The summed E-state index contributed by atoms with van der Waals surface area (Å²) in [5, 5.41) is 9.36. The highest BCUT2D eigenvalue weighted by atomic mass is 16.5. The van der Waals surface area contributed by atoms with Gasteiger partial charge >= 0.3 is 5.97 Å². The second-order valence-corrected chi connectivity index (χ2v) is 6.02. The first kappa shape index (κ1) is 15.7. The Morgan fingerprint density at radius 3 is 2.96 bits per heavy atom. The summed E-state index contributed by atoms with van der Waals surface area (Å²) < 4.78 is 10.9. The van der Waals surface area contributed by atoms with Crippen LogP contribution < -0.4 is 10.5 Å². The van der Waals surface area contributed by atoms with Gasteiger partial charge in [0.2, 0.25) is 5.88 Å². The van der Waals surface area contributed by atoms with Gasteiger partial charge in [0.25, 0.3) is 0 Å². The molecule has 1 unspecified atom stereocenters. The summed E-state index contributed by atoms with van der Waals surface area (Å²) in [6, 6.07) is 1.48. The van der Waals surface area contributed by atoms with E-state index in [-0.39, 0.29) is 23.4 Å². The van der Waals surface area contributed by atoms with Crippen LogP contribution in [0, 0.1) is 5.92 Å². The fourth-order valence-corrected chi connectivity index (χ4v) is 2.55. The summed E-state index contributed by atoms with van der Waals surface area (Å²) in [4.78, 5) is 19.9. The van der Waals surface area contributed by atoms with Crippen molar-refractivity contribution in [2.45, 2.75) is 31.8 Å². The molecular formula is C16H21N3O4. The maximum Gasteiger partial charge on any atom is 0.341 e. The molecule has 3 N–H and O–H groups in total. The molecule has 1 saturated carbocycles. The predicted octanol–water partition coefficient (Wildman–Crippen LogP) is 1.75. The average molecular weight is 319 g/mol. The van der Waals surface area contributed by atoms with Gasteiger partial charge in [0.15, 0.2) is 0 Å². The molecule has 1 aromatic rings. The Labute approximate surface area is 134 Å². The lowest BCUT2D eigenvalue weighted by Gasteiger charge is -2.26. The van der Waals surface area contributed by atoms with Crippen molar-refractivity contribution < 1.29 is 19.4 Å². The molecule has 2 heterocycles. The summed E-state index contributed by atoms with van der Waals surface area (Å²) in [6.45, 7) is 2.14. The van der Waals surface area contributed by atoms with E-state index in [1.165, 1.54) is 6.07 Å². The first-order valence-electron chi connectivity index (χ1n) is 7.91. The topological polar surface area (TPSA) is 107 Å². The smallest absolute Gasteiger partial charge is 0.341 e. The van der Waals surface area contributed by atoms with Crippen molar-refractivity contribution >= 4 is 18.0 Å². The highest BCUT2D eigenvalue weighted by molar-refractivity contribution is 5.95. The number of nitrogens with two attached hydrogens (primary N) is 1. The van der Waals surface area contributed by atoms with Crippen LogP contribution in [0.3, 0.4) is 0 Å². The third-order valence-electron chi connectivity index (χ3n) is 4.23. The molecule has 0 amide bonds. The number of hydrogen-bond acceptors (Lipinski definition) is 6. The van der Waals surface area contributed by atoms with E-state index in [2.05, 4.69) is 9.98 Å². The summed E-state index contributed by atoms with van der Waals surface area (Å²) >= 11 is 0. The van der Waals surface area contributed by atoms with Gasteiger partial charge in [-0.25, -0.2) is 4.79 Å². The number of rotatable bonds is 6. The standard InChI is InChI=1S/C16H21N3O4/c17-14-11(8-18-7-10-4-5-22-9-10)6-13(16(20)21)15(19-14)23-12-2-1-3-12/h6,8,10,12H,1-5,7,9H2,(H2,17,19)(H,20,21). The molecule has 0 spiro atoms. The Balaban J connectivity index is 1.75. The fourth-order valence-electron chi connectivity index (χ4n) is 2.55. The van der Waals surface area contributed by atoms with Crippen LogP contribution in [-0.4, -0.2) is 48.1 Å². The first-order chi connectivity index (χ1) is 11.1. The number of anilines is 1. The van der Waals surface area contributed by atoms with Crippen molar-refractivity contribution in [1.29, 1.82) is 0 Å². The number of carbonyl (C=O) groups is 1. The maximum atomic E-state index is 11.4. The molecule has 0 bridgehead atoms. The van der Waals surface area contributed by atoms with Crippen LogP contribution in [0.4, 0.5) is 5.82 Å². The fraction of sp³-hybridized carbons (Fsp3) is 0.562. The summed E-state index contributed by atoms with van der Waals surface area (Å²) in [5.74, 6) is -0.331. The minimum absolute atomic E-state index is 0.0248. The van der Waals surface area contributed by atoms with Gasteiger partial charge in [-0.1, -0.05) is 0 Å². The van der Waals surface area contributed by atoms with E-state index >= 15 is 0 Å². The van der Waals surface area contributed by atoms with Crippen LogP contribution in [0.5, 0.6) is 5.88 Å². The Morgan fingerprint density at radius 2 is 2.35 bits per heavy atom. The number of ether oxygens (including phenoxy) is 2. The van der Waals surface area contributed by atoms with Gasteiger partial charge in [-0.3, -0.25) is 4.99 Å². The largest absolute Gasteiger partial charge is 0.477 e. The number of aliphatic imine (C=N–C) groups is 1. The van der Waals surface area contributed by atoms with Crippen LogP contribution in [0.2, 0.25) is 0 Å². The number of nitrogen functional groups attached to an aromatic ring is 1. The van der Waals surface area contributed by atoms with E-state index < -0.39 is 5.97 Å². The molecule has 7 heteroatoms. The van der Waals surface area contributed by atoms with Gasteiger partial charge in [-0.2, -0.15) is 4.98 Å². The Morgan fingerprint density at radius 1 is 1.52 bits per heavy atom. The summed E-state index contributed by atoms with van der Waals surface area (Å²) in [6.07, 6.45) is 5.57. The van der Waals surface area contributed by atoms with E-state index in [0.717, 1.165) is 38.9 Å². The van der Waals surface area contributed by atoms with Crippen LogP contribution in [0.15, 0.2) is 11.1 Å². The highest BCUT2D eigenvalue weighted by Gasteiger charge is 2.24. The van der Waals surface area contributed by atoms with Gasteiger partial charge in [0.1, 0.15) is 17.5 Å². The SMILES string of the molecule is Nc1nc(OC2CCC2)c(C(=O)O)cc1C=NCC1CCOC1. The first-order valence-corrected chi connectivity index (χ1v) is 7.91. The predicted molar refractivity (Wildman–Crippen MR) is 85.3 cm³/mol. The minimum atomic E-state index is -1.08. The zero-order chi connectivity index (χ0) is 16.2. The molecule has 1 aromatic heterocycles. The van der Waals surface area contributed by atoms with Gasteiger partial charge in [-0.05, 0) is 31.7 Å². The molecular weight excluding hydrogens is 298 g/mol. The molecule has 1 aliphatic heterocycles. The van der Waals surface area contributed by atoms with E-state index in [9.17, 15) is 9.90 Å². The van der Waals surface area contributed by atoms with Crippen molar-refractivity contribution in [2.24, 2.45) is 10.9 Å². The van der Waals surface area contributed by atoms with Gasteiger partial charge in [0.05, 0.1) is 6.61 Å². The Hall–Kier alpha value is -2.15. The third kappa shape index (κ3) is 3.79. The van der Waals surface area contributed by atoms with E-state index in [0.29, 0.717) is 18.0 Å². The Kier molecular flexibility index (Phi) is 4.76. The second-order valence-electron chi connectivity index (χ2n) is 6.02. The van der Waals surface area contributed by atoms with E-state index in [1.54, 1.807) is 6.21 Å². The molecule has 23 heavy (non-hydrogen) atoms. The van der Waals surface area contributed by atoms with Crippen LogP contribution in [0.25, 0.3) is 0 Å². The number of nitrogens with zero attached hydrogens (tertiary/aromatic N) is 2. The zero-order valence-corrected chi connectivity index (χ0v) is 12.9. The van der Waals surface area contributed by atoms with Gasteiger partial charge < -0.3 is 20.3 Å². The minimum Gasteiger partial charge on any atom is -0.477 e. The molecule has 7 nitrogen and oxygen atoms in total. The van der Waals surface area contributed by atoms with Crippen LogP contribution in [0.1, 0.15) is 41.6 Å². The Bertz CT molecular complexity index is 608. The highest BCUT2D eigenvalue weighted by Crippen LogP contribution is 2.28. The molecule has 3 rings (SSSR count). The summed E-state index contributed by atoms with van der Waals surface area (Å²) in [5.41, 5.74) is 6.45. The molecule has 1 atom stereocenters. The van der Waals surface area contributed by atoms with Crippen molar-refractivity contribution in [2.75, 3.05) is 25.5 Å². The molecule has 0 aromatic carbocycles. The zero-order valence-electron chi connectivity index (χ0n) is 12.9. The lowest BCUT2D eigenvalue weighted by molar-refractivity contribution is 0.0676. The lowest BCUT2D eigenvalue weighted by atomic mass is 9.96. The number of aromatic carboxylic acids is 1. The quantitative estimate of drug-likeness (QED) is 0.774. The molecule has 1 aliphatic carbocycles. The lowest BCUT2D eigenvalue weighted by Crippen LogP contribution is -2.26. The third-order valence-corrected chi connectivity index (χ3v) is 4.23. The molecule has 1 saturated heterocycles. The van der Waals surface area contributed by atoms with Crippen molar-refractivity contribution in [3.63, 3.8) is 0 Å². The number of aromatic nitrogens is 1. The number of carboxylic acids is 1. The number of hydrogen-bond donors (Lipinski definition) is 2. The average Bonchev–Trinajstić information content (AvgIpc) is 2.97. The van der Waals surface area contributed by atoms with Crippen LogP contribution in [-0.2, 0) is 4.74 Å². The summed E-state index contributed by atoms with van der Waals surface area (Å²) in [7, 11) is 0. The normalized spacial score (nSPS) is 21.5. The maximum absolute atomic E-state index is 11.4. The molecule has 0 radical (unpaired) electrons. The van der Waals surface area contributed by atoms with Crippen LogP contribution >= 0.6 is 0 Å².